The summed E-state index contributed by atoms with van der Waals surface area (Å²) in [6.07, 6.45) is 6.44. The van der Waals surface area contributed by atoms with Gasteiger partial charge in [0.25, 0.3) is 0 Å². The third-order valence-corrected chi connectivity index (χ3v) is 3.02. The van der Waals surface area contributed by atoms with Crippen molar-refractivity contribution in [3.05, 3.63) is 60.0 Å². The van der Waals surface area contributed by atoms with E-state index in [1.54, 1.807) is 17.4 Å². The Balaban J connectivity index is 2.25. The largest absolute Gasteiger partial charge is 0.144 e. The van der Waals surface area contributed by atoms with E-state index >= 15 is 0 Å². The van der Waals surface area contributed by atoms with Crippen molar-refractivity contribution in [2.45, 2.75) is 6.42 Å². The highest BCUT2D eigenvalue weighted by molar-refractivity contribution is 7.17. The number of rotatable bonds is 3. The number of hydrogen-bond donors (Lipinski definition) is 0. The summed E-state index contributed by atoms with van der Waals surface area (Å²) in [7, 11) is 0. The quantitative estimate of drug-likeness (QED) is 0.656. The molecule has 1 heteroatoms. The molecule has 0 aliphatic heterocycles. The van der Waals surface area contributed by atoms with Crippen LogP contribution in [0.5, 0.6) is 0 Å². The summed E-state index contributed by atoms with van der Waals surface area (Å²) in [6.45, 7) is 5.26. The van der Waals surface area contributed by atoms with Gasteiger partial charge in [-0.3, -0.25) is 0 Å². The Morgan fingerprint density at radius 3 is 3.07 bits per heavy atom. The first-order valence-electron chi connectivity index (χ1n) is 4.56. The number of thiophene rings is 1. The van der Waals surface area contributed by atoms with Gasteiger partial charge < -0.3 is 0 Å². The normalized spacial score (nSPS) is 11.1. The molecule has 0 aliphatic rings. The summed E-state index contributed by atoms with van der Waals surface area (Å²) in [6, 6.07) is 8.73. The van der Waals surface area contributed by atoms with Crippen LogP contribution in [0, 0.1) is 6.58 Å². The fraction of sp³-hybridized carbons (Fsp3) is 0.0769. The average molecular weight is 199 g/mol. The standard InChI is InChI=1S/C13H11S/c1-2-3-4-5-11-6-7-13-12(10-11)8-9-14-13/h1-4,6-10H,5H2. The lowest BCUT2D eigenvalue weighted by atomic mass is 10.1. The van der Waals surface area contributed by atoms with Crippen molar-refractivity contribution in [3.63, 3.8) is 0 Å². The second-order valence-corrected chi connectivity index (χ2v) is 4.07. The smallest absolute Gasteiger partial charge is 0.0342 e. The van der Waals surface area contributed by atoms with E-state index in [-0.39, 0.29) is 0 Å². The van der Waals surface area contributed by atoms with Gasteiger partial charge in [0.1, 0.15) is 0 Å². The Hall–Kier alpha value is -1.34. The number of hydrogen-bond acceptors (Lipinski definition) is 1. The van der Waals surface area contributed by atoms with Gasteiger partial charge in [-0.15, -0.1) is 11.3 Å². The minimum Gasteiger partial charge on any atom is -0.144 e. The molecule has 1 heterocycles. The highest BCUT2D eigenvalue weighted by Crippen LogP contribution is 2.21. The van der Waals surface area contributed by atoms with Gasteiger partial charge in [-0.25, -0.2) is 0 Å². The second kappa shape index (κ2) is 4.25. The Labute approximate surface area is 88.2 Å². The number of benzene rings is 1. The van der Waals surface area contributed by atoms with Crippen LogP contribution in [-0.2, 0) is 6.42 Å². The SMILES string of the molecule is [CH]=CC=CCc1ccc2sccc2c1. The predicted molar refractivity (Wildman–Crippen MR) is 63.5 cm³/mol. The summed E-state index contributed by atoms with van der Waals surface area (Å²) in [4.78, 5) is 0. The van der Waals surface area contributed by atoms with Crippen LogP contribution in [0.3, 0.4) is 0 Å². The molecule has 69 valence electrons. The van der Waals surface area contributed by atoms with Crippen molar-refractivity contribution in [2.24, 2.45) is 0 Å². The molecule has 1 aromatic carbocycles. The van der Waals surface area contributed by atoms with Crippen molar-refractivity contribution in [2.75, 3.05) is 0 Å². The van der Waals surface area contributed by atoms with E-state index < -0.39 is 0 Å². The first kappa shape index (κ1) is 9.22. The summed E-state index contributed by atoms with van der Waals surface area (Å²) >= 11 is 1.78. The average Bonchev–Trinajstić information content (AvgIpc) is 2.65. The summed E-state index contributed by atoms with van der Waals surface area (Å²) in [5.41, 5.74) is 1.33. The fourth-order valence-corrected chi connectivity index (χ4v) is 2.20. The Kier molecular flexibility index (Phi) is 2.80. The van der Waals surface area contributed by atoms with E-state index in [1.165, 1.54) is 15.6 Å². The molecule has 0 saturated heterocycles. The van der Waals surface area contributed by atoms with Gasteiger partial charge in [0.05, 0.1) is 0 Å². The molecule has 0 amide bonds. The van der Waals surface area contributed by atoms with Crippen molar-refractivity contribution in [1.29, 1.82) is 0 Å². The van der Waals surface area contributed by atoms with Gasteiger partial charge in [-0.1, -0.05) is 30.9 Å². The predicted octanol–water partition coefficient (Wildman–Crippen LogP) is 3.99. The Morgan fingerprint density at radius 1 is 1.29 bits per heavy atom. The zero-order chi connectivity index (χ0) is 9.80. The van der Waals surface area contributed by atoms with Crippen LogP contribution in [0.25, 0.3) is 10.1 Å². The number of allylic oxidation sites excluding steroid dienone is 3. The lowest BCUT2D eigenvalue weighted by molar-refractivity contribution is 1.28. The van der Waals surface area contributed by atoms with Crippen molar-refractivity contribution < 1.29 is 0 Å². The maximum absolute atomic E-state index is 5.26. The van der Waals surface area contributed by atoms with Crippen molar-refractivity contribution in [3.8, 4) is 0 Å². The van der Waals surface area contributed by atoms with E-state index in [2.05, 4.69) is 35.7 Å². The molecule has 0 spiro atoms. The van der Waals surface area contributed by atoms with Crippen molar-refractivity contribution >= 4 is 21.4 Å². The minimum absolute atomic E-state index is 0.944. The van der Waals surface area contributed by atoms with Gasteiger partial charge in [0, 0.05) is 4.70 Å². The van der Waals surface area contributed by atoms with Crippen LogP contribution in [0.1, 0.15) is 5.56 Å². The van der Waals surface area contributed by atoms with Crippen LogP contribution in [0.15, 0.2) is 47.9 Å². The van der Waals surface area contributed by atoms with Crippen LogP contribution in [0.4, 0.5) is 0 Å². The van der Waals surface area contributed by atoms with Crippen LogP contribution >= 0.6 is 11.3 Å². The fourth-order valence-electron chi connectivity index (χ4n) is 1.43. The molecular weight excluding hydrogens is 188 g/mol. The van der Waals surface area contributed by atoms with Gasteiger partial charge in [0.2, 0.25) is 0 Å². The van der Waals surface area contributed by atoms with Crippen LogP contribution in [-0.4, -0.2) is 0 Å². The molecule has 1 radical (unpaired) electrons. The summed E-state index contributed by atoms with van der Waals surface area (Å²) in [5, 5.41) is 3.45. The molecule has 0 saturated carbocycles. The lowest BCUT2D eigenvalue weighted by Gasteiger charge is -1.96. The van der Waals surface area contributed by atoms with Gasteiger partial charge in [-0.2, -0.15) is 0 Å². The molecule has 14 heavy (non-hydrogen) atoms. The third-order valence-electron chi connectivity index (χ3n) is 2.12. The monoisotopic (exact) mass is 199 g/mol. The first-order chi connectivity index (χ1) is 6.90. The lowest BCUT2D eigenvalue weighted by Crippen LogP contribution is -1.78. The molecular formula is C13H11S. The first-order valence-corrected chi connectivity index (χ1v) is 5.44. The van der Waals surface area contributed by atoms with Gasteiger partial charge >= 0.3 is 0 Å². The Bertz CT molecular complexity index is 463. The molecule has 0 aliphatic carbocycles. The third kappa shape index (κ3) is 1.94. The minimum atomic E-state index is 0.944. The molecule has 0 unspecified atom stereocenters. The van der Waals surface area contributed by atoms with E-state index in [0.29, 0.717) is 0 Å². The molecule has 0 bridgehead atoms. The van der Waals surface area contributed by atoms with Crippen LogP contribution < -0.4 is 0 Å². The second-order valence-electron chi connectivity index (χ2n) is 3.12. The molecule has 2 rings (SSSR count). The molecule has 0 atom stereocenters. The van der Waals surface area contributed by atoms with E-state index in [4.69, 9.17) is 6.58 Å². The maximum atomic E-state index is 5.26. The van der Waals surface area contributed by atoms with Crippen LogP contribution in [0.2, 0.25) is 0 Å². The van der Waals surface area contributed by atoms with Gasteiger partial charge in [0.15, 0.2) is 0 Å². The topological polar surface area (TPSA) is 0 Å². The molecule has 2 aromatic rings. The van der Waals surface area contributed by atoms with Crippen molar-refractivity contribution in [1.82, 2.24) is 0 Å². The molecule has 0 fully saturated rings. The highest BCUT2D eigenvalue weighted by Gasteiger charge is 1.95. The summed E-state index contributed by atoms with van der Waals surface area (Å²) in [5.74, 6) is 0. The molecule has 0 nitrogen and oxygen atoms in total. The maximum Gasteiger partial charge on any atom is 0.0342 e. The zero-order valence-electron chi connectivity index (χ0n) is 7.81. The molecule has 0 N–H and O–H groups in total. The van der Waals surface area contributed by atoms with E-state index in [0.717, 1.165) is 6.42 Å². The Morgan fingerprint density at radius 2 is 2.21 bits per heavy atom. The number of fused-ring (bicyclic) bond motifs is 1. The molecule has 1 aromatic heterocycles. The zero-order valence-corrected chi connectivity index (χ0v) is 8.63. The summed E-state index contributed by atoms with van der Waals surface area (Å²) < 4.78 is 1.35. The highest BCUT2D eigenvalue weighted by atomic mass is 32.1. The van der Waals surface area contributed by atoms with Gasteiger partial charge in [-0.05, 0) is 40.9 Å². The van der Waals surface area contributed by atoms with E-state index in [9.17, 15) is 0 Å². The van der Waals surface area contributed by atoms with E-state index in [1.807, 2.05) is 6.08 Å².